The van der Waals surface area contributed by atoms with E-state index in [0.29, 0.717) is 11.5 Å². The summed E-state index contributed by atoms with van der Waals surface area (Å²) in [5, 5.41) is 1.16. The Morgan fingerprint density at radius 2 is 2.05 bits per heavy atom. The minimum Gasteiger partial charge on any atom is -0.462 e. The molecule has 118 valence electrons. The summed E-state index contributed by atoms with van der Waals surface area (Å²) in [5.41, 5.74) is 0.885. The lowest BCUT2D eigenvalue weighted by Gasteiger charge is -2.28. The highest BCUT2D eigenvalue weighted by molar-refractivity contribution is 7.20. The number of rotatable bonds is 3. The van der Waals surface area contributed by atoms with Crippen molar-refractivity contribution in [2.45, 2.75) is 33.1 Å². The molecule has 1 saturated heterocycles. The topological polar surface area (TPSA) is 55.3 Å². The van der Waals surface area contributed by atoms with Crippen LogP contribution in [0.2, 0.25) is 5.28 Å². The lowest BCUT2D eigenvalue weighted by molar-refractivity contribution is 0.0531. The summed E-state index contributed by atoms with van der Waals surface area (Å²) in [6.45, 7) is 6.02. The van der Waals surface area contributed by atoms with Crippen molar-refractivity contribution < 1.29 is 9.53 Å². The zero-order chi connectivity index (χ0) is 15.7. The monoisotopic (exact) mass is 339 g/mol. The molecule has 0 N–H and O–H groups in total. The number of fused-ring (bicyclic) bond motifs is 1. The van der Waals surface area contributed by atoms with E-state index in [4.69, 9.17) is 16.3 Å². The summed E-state index contributed by atoms with van der Waals surface area (Å²) in [5.74, 6) is 0.544. The Kier molecular flexibility index (Phi) is 4.49. The van der Waals surface area contributed by atoms with Gasteiger partial charge in [0, 0.05) is 13.1 Å². The second kappa shape index (κ2) is 6.38. The van der Waals surface area contributed by atoms with Gasteiger partial charge in [0.1, 0.15) is 15.5 Å². The largest absolute Gasteiger partial charge is 0.462 e. The molecule has 1 aliphatic heterocycles. The summed E-state index contributed by atoms with van der Waals surface area (Å²) in [6.07, 6.45) is 3.54. The summed E-state index contributed by atoms with van der Waals surface area (Å²) in [7, 11) is 0. The van der Waals surface area contributed by atoms with Crippen molar-refractivity contribution in [3.8, 4) is 0 Å². The van der Waals surface area contributed by atoms with Crippen LogP contribution >= 0.6 is 22.9 Å². The normalized spacial score (nSPS) is 15.3. The number of thiophene rings is 1. The summed E-state index contributed by atoms with van der Waals surface area (Å²) in [4.78, 5) is 24.4. The summed E-state index contributed by atoms with van der Waals surface area (Å²) >= 11 is 7.41. The van der Waals surface area contributed by atoms with Gasteiger partial charge in [0.2, 0.25) is 5.28 Å². The van der Waals surface area contributed by atoms with Gasteiger partial charge in [-0.1, -0.05) is 0 Å². The molecule has 0 atom stereocenters. The number of piperidine rings is 1. The van der Waals surface area contributed by atoms with Crippen LogP contribution in [0.1, 0.15) is 41.4 Å². The van der Waals surface area contributed by atoms with E-state index >= 15 is 0 Å². The van der Waals surface area contributed by atoms with Crippen molar-refractivity contribution in [1.82, 2.24) is 9.97 Å². The molecule has 2 aromatic heterocycles. The standard InChI is InChI=1S/C15H18ClN3O2S/c1-3-21-14(20)11-9(2)10-12(19-7-5-4-6-8-19)17-15(16)18-13(10)22-11/h3-8H2,1-2H3. The zero-order valence-electron chi connectivity index (χ0n) is 12.7. The van der Waals surface area contributed by atoms with Crippen LogP contribution in [0.5, 0.6) is 0 Å². The minimum absolute atomic E-state index is 0.227. The number of hydrogen-bond donors (Lipinski definition) is 0. The molecule has 0 bridgehead atoms. The molecule has 0 aromatic carbocycles. The maximum atomic E-state index is 12.1. The number of aryl methyl sites for hydroxylation is 1. The van der Waals surface area contributed by atoms with Crippen LogP contribution in [0.4, 0.5) is 5.82 Å². The minimum atomic E-state index is -0.302. The van der Waals surface area contributed by atoms with E-state index in [1.165, 1.54) is 17.8 Å². The molecule has 0 radical (unpaired) electrons. The van der Waals surface area contributed by atoms with Crippen molar-refractivity contribution in [3.63, 3.8) is 0 Å². The van der Waals surface area contributed by atoms with Crippen LogP contribution in [0.25, 0.3) is 10.2 Å². The first-order valence-corrected chi connectivity index (χ1v) is 8.70. The molecule has 7 heteroatoms. The number of esters is 1. The molecule has 0 unspecified atom stereocenters. The van der Waals surface area contributed by atoms with E-state index in [1.54, 1.807) is 6.92 Å². The Hall–Kier alpha value is -1.40. The van der Waals surface area contributed by atoms with Crippen molar-refractivity contribution >= 4 is 44.9 Å². The quantitative estimate of drug-likeness (QED) is 0.628. The molecule has 0 saturated carbocycles. The number of ether oxygens (including phenoxy) is 1. The Bertz CT molecular complexity index is 710. The maximum absolute atomic E-state index is 12.1. The second-order valence-electron chi connectivity index (χ2n) is 5.32. The van der Waals surface area contributed by atoms with Gasteiger partial charge in [-0.2, -0.15) is 4.98 Å². The van der Waals surface area contributed by atoms with Gasteiger partial charge in [-0.15, -0.1) is 11.3 Å². The Morgan fingerprint density at radius 1 is 1.32 bits per heavy atom. The van der Waals surface area contributed by atoms with Gasteiger partial charge >= 0.3 is 5.97 Å². The summed E-state index contributed by atoms with van der Waals surface area (Å²) in [6, 6.07) is 0. The van der Waals surface area contributed by atoms with Crippen LogP contribution in [-0.2, 0) is 4.74 Å². The highest BCUT2D eigenvalue weighted by Crippen LogP contribution is 2.37. The van der Waals surface area contributed by atoms with E-state index in [9.17, 15) is 4.79 Å². The van der Waals surface area contributed by atoms with E-state index in [0.717, 1.165) is 47.5 Å². The van der Waals surface area contributed by atoms with E-state index in [-0.39, 0.29) is 11.3 Å². The van der Waals surface area contributed by atoms with Crippen LogP contribution < -0.4 is 4.90 Å². The number of aromatic nitrogens is 2. The average Bonchev–Trinajstić information content (AvgIpc) is 2.84. The summed E-state index contributed by atoms with van der Waals surface area (Å²) < 4.78 is 5.13. The fraction of sp³-hybridized carbons (Fsp3) is 0.533. The fourth-order valence-corrected chi connectivity index (χ4v) is 4.10. The van der Waals surface area contributed by atoms with Gasteiger partial charge in [-0.3, -0.25) is 0 Å². The Labute approximate surface area is 138 Å². The van der Waals surface area contributed by atoms with Crippen molar-refractivity contribution in [2.75, 3.05) is 24.6 Å². The number of nitrogens with zero attached hydrogens (tertiary/aromatic N) is 3. The van der Waals surface area contributed by atoms with E-state index < -0.39 is 0 Å². The molecule has 5 nitrogen and oxygen atoms in total. The van der Waals surface area contributed by atoms with Crippen molar-refractivity contribution in [2.24, 2.45) is 0 Å². The highest BCUT2D eigenvalue weighted by Gasteiger charge is 2.24. The van der Waals surface area contributed by atoms with Gasteiger partial charge in [-0.05, 0) is 50.3 Å². The van der Waals surface area contributed by atoms with Crippen LogP contribution in [0.3, 0.4) is 0 Å². The molecule has 0 aliphatic carbocycles. The first kappa shape index (κ1) is 15.5. The molecular formula is C15H18ClN3O2S. The van der Waals surface area contributed by atoms with E-state index in [2.05, 4.69) is 14.9 Å². The predicted octanol–water partition coefficient (Wildman–Crippen LogP) is 3.82. The van der Waals surface area contributed by atoms with Crippen LogP contribution in [0, 0.1) is 6.92 Å². The molecule has 1 aliphatic rings. The molecule has 3 heterocycles. The van der Waals surface area contributed by atoms with E-state index in [1.807, 2.05) is 6.92 Å². The number of anilines is 1. The molecule has 0 spiro atoms. The van der Waals surface area contributed by atoms with Crippen LogP contribution in [-0.4, -0.2) is 35.6 Å². The molecule has 22 heavy (non-hydrogen) atoms. The molecule has 0 amide bonds. The average molecular weight is 340 g/mol. The predicted molar refractivity (Wildman–Crippen MR) is 89.2 cm³/mol. The van der Waals surface area contributed by atoms with Crippen molar-refractivity contribution in [1.29, 1.82) is 0 Å². The first-order valence-electron chi connectivity index (χ1n) is 7.50. The van der Waals surface area contributed by atoms with Gasteiger partial charge in [0.05, 0.1) is 12.0 Å². The third-order valence-corrected chi connectivity index (χ3v) is 5.19. The SMILES string of the molecule is CCOC(=O)c1sc2nc(Cl)nc(N3CCCCC3)c2c1C. The fourth-order valence-electron chi connectivity index (χ4n) is 2.82. The van der Waals surface area contributed by atoms with Gasteiger partial charge < -0.3 is 9.64 Å². The number of hydrogen-bond acceptors (Lipinski definition) is 6. The highest BCUT2D eigenvalue weighted by atomic mass is 35.5. The number of halogens is 1. The molecule has 1 fully saturated rings. The maximum Gasteiger partial charge on any atom is 0.348 e. The first-order chi connectivity index (χ1) is 10.6. The Morgan fingerprint density at radius 3 is 2.73 bits per heavy atom. The smallest absolute Gasteiger partial charge is 0.348 e. The lowest BCUT2D eigenvalue weighted by Crippen LogP contribution is -2.30. The van der Waals surface area contributed by atoms with Crippen LogP contribution in [0.15, 0.2) is 0 Å². The third-order valence-electron chi connectivity index (χ3n) is 3.86. The lowest BCUT2D eigenvalue weighted by atomic mass is 10.1. The van der Waals surface area contributed by atoms with Gasteiger partial charge in [0.15, 0.2) is 0 Å². The molecule has 2 aromatic rings. The zero-order valence-corrected chi connectivity index (χ0v) is 14.3. The molecular weight excluding hydrogens is 322 g/mol. The second-order valence-corrected chi connectivity index (χ2v) is 6.66. The molecule has 3 rings (SSSR count). The van der Waals surface area contributed by atoms with Gasteiger partial charge in [0.25, 0.3) is 0 Å². The number of carbonyl (C=O) groups excluding carboxylic acids is 1. The van der Waals surface area contributed by atoms with Crippen molar-refractivity contribution in [3.05, 3.63) is 15.7 Å². The number of carbonyl (C=O) groups is 1. The van der Waals surface area contributed by atoms with Gasteiger partial charge in [-0.25, -0.2) is 9.78 Å². The third kappa shape index (κ3) is 2.77. The Balaban J connectivity index is 2.13.